The maximum atomic E-state index is 12.8. The Morgan fingerprint density at radius 1 is 1.00 bits per heavy atom. The van der Waals surface area contributed by atoms with Gasteiger partial charge < -0.3 is 14.8 Å². The summed E-state index contributed by atoms with van der Waals surface area (Å²) in [6.07, 6.45) is 0.634. The van der Waals surface area contributed by atoms with Crippen molar-refractivity contribution < 1.29 is 14.3 Å². The van der Waals surface area contributed by atoms with Crippen LogP contribution in [0.15, 0.2) is 60.7 Å². The number of hydrogen-bond acceptors (Lipinski definition) is 3. The topological polar surface area (TPSA) is 47.6 Å². The third kappa shape index (κ3) is 4.02. The Labute approximate surface area is 142 Å². The molecule has 0 saturated carbocycles. The molecule has 1 aliphatic rings. The maximum absolute atomic E-state index is 12.8. The van der Waals surface area contributed by atoms with Gasteiger partial charge in [-0.15, -0.1) is 0 Å². The van der Waals surface area contributed by atoms with Crippen LogP contribution in [0.4, 0.5) is 0 Å². The summed E-state index contributed by atoms with van der Waals surface area (Å²) in [5.41, 5.74) is 1.97. The lowest BCUT2D eigenvalue weighted by atomic mass is 9.90. The first-order valence-electron chi connectivity index (χ1n) is 8.33. The number of hydrogen-bond donors (Lipinski definition) is 1. The zero-order valence-corrected chi connectivity index (χ0v) is 13.9. The number of nitrogens with one attached hydrogen (secondary N) is 1. The van der Waals surface area contributed by atoms with Crippen LogP contribution in [0.3, 0.4) is 0 Å². The van der Waals surface area contributed by atoms with Crippen LogP contribution < -0.4 is 5.32 Å². The third-order valence-corrected chi connectivity index (χ3v) is 4.30. The van der Waals surface area contributed by atoms with Gasteiger partial charge in [0, 0.05) is 13.0 Å². The molecule has 1 fully saturated rings. The zero-order valence-electron chi connectivity index (χ0n) is 13.9. The molecule has 1 aliphatic heterocycles. The molecular weight excluding hydrogens is 302 g/mol. The van der Waals surface area contributed by atoms with Crippen LogP contribution in [0, 0.1) is 0 Å². The van der Waals surface area contributed by atoms with Gasteiger partial charge in [-0.2, -0.15) is 0 Å². The summed E-state index contributed by atoms with van der Waals surface area (Å²) in [6, 6.07) is 19.7. The van der Waals surface area contributed by atoms with Gasteiger partial charge >= 0.3 is 0 Å². The lowest BCUT2D eigenvalue weighted by molar-refractivity contribution is -0.146. The maximum Gasteiger partial charge on any atom is 0.232 e. The van der Waals surface area contributed by atoms with E-state index in [9.17, 15) is 4.79 Å². The fourth-order valence-corrected chi connectivity index (χ4v) is 3.00. The van der Waals surface area contributed by atoms with E-state index in [1.807, 2.05) is 67.6 Å². The number of amides is 1. The summed E-state index contributed by atoms with van der Waals surface area (Å²) in [7, 11) is 0. The second-order valence-electron chi connectivity index (χ2n) is 6.13. The van der Waals surface area contributed by atoms with Crippen molar-refractivity contribution in [2.24, 2.45) is 0 Å². The predicted octanol–water partition coefficient (Wildman–Crippen LogP) is 3.09. The van der Waals surface area contributed by atoms with Gasteiger partial charge in [-0.25, -0.2) is 0 Å². The van der Waals surface area contributed by atoms with Gasteiger partial charge in [-0.1, -0.05) is 60.7 Å². The molecule has 0 bridgehead atoms. The van der Waals surface area contributed by atoms with E-state index in [0.717, 1.165) is 11.1 Å². The minimum atomic E-state index is -0.581. The molecule has 0 unspecified atom stereocenters. The molecule has 2 aromatic carbocycles. The van der Waals surface area contributed by atoms with Gasteiger partial charge in [0.05, 0.1) is 19.1 Å². The van der Waals surface area contributed by atoms with Crippen LogP contribution >= 0.6 is 0 Å². The standard InChI is InChI=1S/C20H23NO3/c1-20(23-14-15-24-20)12-13-21-19(22)18(16-8-4-2-5-9-16)17-10-6-3-7-11-17/h2-11,18H,12-15H2,1H3,(H,21,22). The first kappa shape index (κ1) is 16.7. The van der Waals surface area contributed by atoms with E-state index in [2.05, 4.69) is 5.32 Å². The molecule has 2 aromatic rings. The van der Waals surface area contributed by atoms with Crippen LogP contribution in [-0.2, 0) is 14.3 Å². The minimum absolute atomic E-state index is 0.00556. The van der Waals surface area contributed by atoms with Crippen LogP contribution in [-0.4, -0.2) is 31.5 Å². The normalized spacial score (nSPS) is 16.2. The molecule has 1 saturated heterocycles. The third-order valence-electron chi connectivity index (χ3n) is 4.30. The lowest BCUT2D eigenvalue weighted by Gasteiger charge is -2.23. The molecule has 126 valence electrons. The van der Waals surface area contributed by atoms with Crippen LogP contribution in [0.25, 0.3) is 0 Å². The summed E-state index contributed by atoms with van der Waals surface area (Å²) in [4.78, 5) is 12.8. The Balaban J connectivity index is 1.70. The van der Waals surface area contributed by atoms with Crippen molar-refractivity contribution in [3.8, 4) is 0 Å². The van der Waals surface area contributed by atoms with E-state index in [4.69, 9.17) is 9.47 Å². The number of ether oxygens (including phenoxy) is 2. The van der Waals surface area contributed by atoms with Crippen LogP contribution in [0.1, 0.15) is 30.4 Å². The van der Waals surface area contributed by atoms with Crippen molar-refractivity contribution in [1.29, 1.82) is 0 Å². The Kier molecular flexibility index (Phi) is 5.28. The molecule has 0 radical (unpaired) electrons. The van der Waals surface area contributed by atoms with Crippen molar-refractivity contribution in [3.63, 3.8) is 0 Å². The molecule has 1 heterocycles. The molecule has 4 heteroatoms. The van der Waals surface area contributed by atoms with Crippen molar-refractivity contribution in [3.05, 3.63) is 71.8 Å². The van der Waals surface area contributed by atoms with Gasteiger partial charge in [0.15, 0.2) is 5.79 Å². The highest BCUT2D eigenvalue weighted by Crippen LogP contribution is 2.25. The van der Waals surface area contributed by atoms with Crippen molar-refractivity contribution in [2.45, 2.75) is 25.0 Å². The summed E-state index contributed by atoms with van der Waals surface area (Å²) < 4.78 is 11.2. The first-order valence-corrected chi connectivity index (χ1v) is 8.33. The number of carbonyl (C=O) groups is 1. The average Bonchev–Trinajstić information content (AvgIpc) is 3.04. The Hall–Kier alpha value is -2.17. The molecular formula is C20H23NO3. The molecule has 1 N–H and O–H groups in total. The van der Waals surface area contributed by atoms with Crippen LogP contribution in [0.2, 0.25) is 0 Å². The smallest absolute Gasteiger partial charge is 0.232 e. The van der Waals surface area contributed by atoms with Gasteiger partial charge in [-0.3, -0.25) is 4.79 Å². The number of carbonyl (C=O) groups excluding carboxylic acids is 1. The molecule has 0 atom stereocenters. The highest BCUT2D eigenvalue weighted by atomic mass is 16.7. The largest absolute Gasteiger partial charge is 0.355 e. The summed E-state index contributed by atoms with van der Waals surface area (Å²) in [6.45, 7) is 3.66. The second-order valence-corrected chi connectivity index (χ2v) is 6.13. The van der Waals surface area contributed by atoms with Gasteiger partial charge in [-0.05, 0) is 18.1 Å². The SMILES string of the molecule is CC1(CCNC(=O)C(c2ccccc2)c2ccccc2)OCCO1. The highest BCUT2D eigenvalue weighted by molar-refractivity contribution is 5.87. The summed E-state index contributed by atoms with van der Waals surface area (Å²) >= 11 is 0. The van der Waals surface area contributed by atoms with E-state index in [0.29, 0.717) is 26.2 Å². The Bertz CT molecular complexity index is 612. The van der Waals surface area contributed by atoms with E-state index < -0.39 is 5.79 Å². The van der Waals surface area contributed by atoms with Gasteiger partial charge in [0.1, 0.15) is 0 Å². The Morgan fingerprint density at radius 3 is 2.00 bits per heavy atom. The first-order chi connectivity index (χ1) is 11.7. The molecule has 24 heavy (non-hydrogen) atoms. The Morgan fingerprint density at radius 2 is 1.50 bits per heavy atom. The molecule has 4 nitrogen and oxygen atoms in total. The predicted molar refractivity (Wildman–Crippen MR) is 92.7 cm³/mol. The zero-order chi connectivity index (χ0) is 16.8. The van der Waals surface area contributed by atoms with E-state index in [1.165, 1.54) is 0 Å². The van der Waals surface area contributed by atoms with E-state index in [-0.39, 0.29) is 11.8 Å². The van der Waals surface area contributed by atoms with E-state index in [1.54, 1.807) is 0 Å². The summed E-state index contributed by atoms with van der Waals surface area (Å²) in [5, 5.41) is 3.03. The summed E-state index contributed by atoms with van der Waals surface area (Å²) in [5.74, 6) is -0.901. The monoisotopic (exact) mass is 325 g/mol. The van der Waals surface area contributed by atoms with Crippen LogP contribution in [0.5, 0.6) is 0 Å². The number of rotatable bonds is 6. The quantitative estimate of drug-likeness (QED) is 0.888. The average molecular weight is 325 g/mol. The van der Waals surface area contributed by atoms with Crippen molar-refractivity contribution in [1.82, 2.24) is 5.32 Å². The molecule has 0 aromatic heterocycles. The molecule has 0 aliphatic carbocycles. The fraction of sp³-hybridized carbons (Fsp3) is 0.350. The van der Waals surface area contributed by atoms with Crippen molar-refractivity contribution >= 4 is 5.91 Å². The van der Waals surface area contributed by atoms with Gasteiger partial charge in [0.2, 0.25) is 5.91 Å². The lowest BCUT2D eigenvalue weighted by Crippen LogP contribution is -2.36. The number of benzene rings is 2. The molecule has 1 amide bonds. The van der Waals surface area contributed by atoms with Crippen molar-refractivity contribution in [2.75, 3.05) is 19.8 Å². The molecule has 3 rings (SSSR count). The molecule has 0 spiro atoms. The minimum Gasteiger partial charge on any atom is -0.355 e. The highest BCUT2D eigenvalue weighted by Gasteiger charge is 2.31. The fourth-order valence-electron chi connectivity index (χ4n) is 3.00. The van der Waals surface area contributed by atoms with E-state index >= 15 is 0 Å². The van der Waals surface area contributed by atoms with Gasteiger partial charge in [0.25, 0.3) is 0 Å². The second kappa shape index (κ2) is 7.60.